The molecule has 7 atom stereocenters. The minimum Gasteiger partial charge on any atom is -0.464 e. The lowest BCUT2D eigenvalue weighted by molar-refractivity contribution is -0.156. The van der Waals surface area contributed by atoms with Crippen LogP contribution in [0.1, 0.15) is 91.5 Å². The normalized spacial score (nSPS) is 26.0. The fraction of sp³-hybridized carbons (Fsp3) is 0.623. The summed E-state index contributed by atoms with van der Waals surface area (Å²) in [4.78, 5) is 82.2. The van der Waals surface area contributed by atoms with Gasteiger partial charge in [0.1, 0.15) is 24.9 Å². The van der Waals surface area contributed by atoms with Crippen LogP contribution < -0.4 is 15.6 Å². The number of hydrogen-bond donors (Lipinski definition) is 2. The Labute approximate surface area is 418 Å². The number of rotatable bonds is 9. The van der Waals surface area contributed by atoms with Crippen LogP contribution in [0.25, 0.3) is 22.2 Å². The molecule has 18 heteroatoms. The molecule has 1 aromatic carbocycles. The van der Waals surface area contributed by atoms with Gasteiger partial charge in [0.05, 0.1) is 49.0 Å². The number of hydrazine groups is 1. The van der Waals surface area contributed by atoms with Gasteiger partial charge in [0.25, 0.3) is 5.91 Å². The van der Waals surface area contributed by atoms with Crippen LogP contribution in [-0.4, -0.2) is 162 Å². The van der Waals surface area contributed by atoms with Crippen molar-refractivity contribution in [2.75, 3.05) is 78.3 Å². The van der Waals surface area contributed by atoms with E-state index in [0.29, 0.717) is 78.1 Å². The van der Waals surface area contributed by atoms with E-state index >= 15 is 0 Å². The van der Waals surface area contributed by atoms with E-state index in [-0.39, 0.29) is 49.6 Å². The summed E-state index contributed by atoms with van der Waals surface area (Å²) >= 11 is 0. The number of nitrogens with one attached hydrogen (secondary N) is 2. The van der Waals surface area contributed by atoms with Crippen molar-refractivity contribution in [3.05, 3.63) is 60.4 Å². The first-order valence-electron chi connectivity index (χ1n) is 25.5. The van der Waals surface area contributed by atoms with Crippen LogP contribution in [0.3, 0.4) is 0 Å². The number of likely N-dealkylation sites (tertiary alicyclic amines) is 1. The number of aromatic nitrogens is 2. The number of esters is 1. The van der Waals surface area contributed by atoms with Gasteiger partial charge in [-0.2, -0.15) is 0 Å². The minimum absolute atomic E-state index is 0.0871. The van der Waals surface area contributed by atoms with Gasteiger partial charge in [0, 0.05) is 99.5 Å². The second-order valence-corrected chi connectivity index (χ2v) is 21.3. The van der Waals surface area contributed by atoms with Gasteiger partial charge < -0.3 is 48.4 Å². The van der Waals surface area contributed by atoms with Crippen molar-refractivity contribution >= 4 is 46.3 Å². The molecule has 0 aliphatic carbocycles. The maximum Gasteiger partial charge on any atom is 0.324 e. The zero-order valence-corrected chi connectivity index (χ0v) is 43.2. The van der Waals surface area contributed by atoms with E-state index in [1.807, 2.05) is 33.8 Å². The smallest absolute Gasteiger partial charge is 0.324 e. The van der Waals surface area contributed by atoms with Gasteiger partial charge in [0.2, 0.25) is 11.8 Å². The number of hydrogen-bond acceptors (Lipinski definition) is 12. The summed E-state index contributed by atoms with van der Waals surface area (Å²) in [6.45, 7) is 21.8. The zero-order valence-electron chi connectivity index (χ0n) is 43.2. The van der Waals surface area contributed by atoms with E-state index in [0.717, 1.165) is 39.1 Å². The van der Waals surface area contributed by atoms with E-state index in [1.54, 1.807) is 30.2 Å². The van der Waals surface area contributed by atoms with E-state index in [9.17, 15) is 24.0 Å². The molecule has 1 spiro atoms. The Morgan fingerprint density at radius 2 is 1.89 bits per heavy atom. The number of amides is 5. The summed E-state index contributed by atoms with van der Waals surface area (Å²) in [5.41, 5.74) is 8.18. The van der Waals surface area contributed by atoms with Crippen molar-refractivity contribution in [3.8, 4) is 11.3 Å². The monoisotopic (exact) mass is 982 g/mol. The number of fused-ring (bicyclic) bond motifs is 6. The Balaban J connectivity index is 1.09. The summed E-state index contributed by atoms with van der Waals surface area (Å²) in [7, 11) is 3.32. The van der Waals surface area contributed by atoms with Crippen LogP contribution in [0.4, 0.5) is 10.5 Å². The molecule has 5 amide bonds. The van der Waals surface area contributed by atoms with E-state index in [1.165, 1.54) is 16.0 Å². The number of ether oxygens (including phenoxy) is 4. The Morgan fingerprint density at radius 1 is 1.10 bits per heavy atom. The summed E-state index contributed by atoms with van der Waals surface area (Å²) in [5, 5.41) is 5.63. The van der Waals surface area contributed by atoms with Crippen LogP contribution in [0.5, 0.6) is 0 Å². The van der Waals surface area contributed by atoms with Crippen LogP contribution in [0.15, 0.2) is 49.2 Å². The van der Waals surface area contributed by atoms with Crippen molar-refractivity contribution in [3.63, 3.8) is 0 Å². The number of methoxy groups -OCH3 is 1. The number of likely N-dealkylation sites (N-methyl/N-ethyl adjacent to an activating group) is 1. The fourth-order valence-electron chi connectivity index (χ4n) is 11.5. The Morgan fingerprint density at radius 3 is 2.61 bits per heavy atom. The Bertz CT molecular complexity index is 2490. The fourth-order valence-corrected chi connectivity index (χ4v) is 11.5. The average molecular weight is 982 g/mol. The molecule has 0 saturated carbocycles. The predicted molar refractivity (Wildman–Crippen MR) is 269 cm³/mol. The topological polar surface area (TPSA) is 180 Å². The van der Waals surface area contributed by atoms with Crippen LogP contribution in [-0.2, 0) is 51.1 Å². The van der Waals surface area contributed by atoms with E-state index in [4.69, 9.17) is 23.9 Å². The van der Waals surface area contributed by atoms with Crippen LogP contribution in [0.2, 0.25) is 0 Å². The number of pyridine rings is 1. The quantitative estimate of drug-likeness (QED) is 0.209. The third-order valence-corrected chi connectivity index (χ3v) is 15.5. The lowest BCUT2D eigenvalue weighted by atomic mass is 9.82. The van der Waals surface area contributed by atoms with Crippen molar-refractivity contribution in [1.82, 2.24) is 40.0 Å². The molecule has 5 aliphatic rings. The highest BCUT2D eigenvalue weighted by Crippen LogP contribution is 2.42. The third-order valence-electron chi connectivity index (χ3n) is 15.5. The highest BCUT2D eigenvalue weighted by Gasteiger charge is 2.49. The lowest BCUT2D eigenvalue weighted by Gasteiger charge is -2.45. The van der Waals surface area contributed by atoms with Crippen molar-refractivity contribution in [2.24, 2.45) is 17.3 Å². The number of carbonyl (C=O) groups excluding carboxylic acids is 5. The van der Waals surface area contributed by atoms with Crippen molar-refractivity contribution in [1.29, 1.82) is 0 Å². The number of benzene rings is 1. The second kappa shape index (κ2) is 21.3. The number of nitrogens with zero attached hydrogens (tertiary/aromatic N) is 7. The predicted octanol–water partition coefficient (Wildman–Crippen LogP) is 5.29. The van der Waals surface area contributed by atoms with E-state index in [2.05, 4.69) is 71.8 Å². The third kappa shape index (κ3) is 10.5. The Hall–Kier alpha value is -5.56. The molecular weight excluding hydrogens is 907 g/mol. The highest BCUT2D eigenvalue weighted by atomic mass is 16.5. The first-order chi connectivity index (χ1) is 33.9. The van der Waals surface area contributed by atoms with E-state index < -0.39 is 53.0 Å². The lowest BCUT2D eigenvalue weighted by Crippen LogP contribution is -2.63. The van der Waals surface area contributed by atoms with Crippen LogP contribution in [0, 0.1) is 17.3 Å². The summed E-state index contributed by atoms with van der Waals surface area (Å²) < 4.78 is 27.0. The molecule has 2 N–H and O–H groups in total. The number of urea groups is 1. The number of cyclic esters (lactones) is 1. The molecule has 2 aromatic heterocycles. The molecule has 7 heterocycles. The molecule has 8 rings (SSSR count). The number of carbonyl (C=O) groups is 5. The number of aryl methyl sites for hydroxylation is 1. The van der Waals surface area contributed by atoms with Gasteiger partial charge in [-0.25, -0.2) is 10.2 Å². The molecule has 6 bridgehead atoms. The standard InChI is InChI=1S/C53H75N9O9/c1-11-44(63)60-30-53(71-32-60)19-22-59(28-34(53)5)51(67)57(9)46(33(3)4)48(64)55-42-26-37-29-58(23-24-69-37)36-17-18-43-39(25-36)40(47(61(43)12-2)38-15-13-20-54-45(38)35(6)68-10)27-52(7,8)31-70-50(66)41-16-14-21-62(56-41)49(42)65/h11,13,15,17-18,20,25,33-35,37,41-42,46,56H,1,12,14,16,19,21-24,26-32H2,2-10H3,(H,55,64)/t34-,35+,37+,41+,42+,46+,53-/m1/s1. The summed E-state index contributed by atoms with van der Waals surface area (Å²) in [6, 6.07) is 7.54. The SMILES string of the molecule is C=CC(=O)N1CO[C@]2(CCN(C(=O)N(C)[C@H](C(=O)N[C@H]3C[C@H]4CN(CCO4)c4ccc5c(c4)c(c(-c4cccnc4[C@H](C)OC)n5CC)CC(C)(C)COC(=O)[C@@H]4CCCN(N4)C3=O)C(C)C)C[C@H]2C)C1. The molecule has 0 radical (unpaired) electrons. The second-order valence-electron chi connectivity index (χ2n) is 21.3. The van der Waals surface area contributed by atoms with Gasteiger partial charge >= 0.3 is 12.0 Å². The molecule has 71 heavy (non-hydrogen) atoms. The average Bonchev–Trinajstić information content (AvgIpc) is 3.94. The molecule has 3 aromatic rings. The molecular formula is C53H75N9O9. The minimum atomic E-state index is -1.06. The maximum atomic E-state index is 14.8. The van der Waals surface area contributed by atoms with Gasteiger partial charge in [-0.05, 0) is 87.4 Å². The zero-order chi connectivity index (χ0) is 50.9. The highest BCUT2D eigenvalue weighted by molar-refractivity contribution is 5.95. The molecule has 4 fully saturated rings. The first-order valence-corrected chi connectivity index (χ1v) is 25.5. The molecule has 18 nitrogen and oxygen atoms in total. The molecule has 5 aliphatic heterocycles. The van der Waals surface area contributed by atoms with Gasteiger partial charge in [0.15, 0.2) is 0 Å². The van der Waals surface area contributed by atoms with Gasteiger partial charge in [-0.1, -0.05) is 41.2 Å². The number of piperidine rings is 1. The summed E-state index contributed by atoms with van der Waals surface area (Å²) in [5.74, 6) is -1.92. The largest absolute Gasteiger partial charge is 0.464 e. The molecule has 0 unspecified atom stereocenters. The van der Waals surface area contributed by atoms with Crippen LogP contribution >= 0.6 is 0 Å². The first kappa shape index (κ1) is 51.8. The number of morpholine rings is 1. The van der Waals surface area contributed by atoms with Crippen molar-refractivity contribution in [2.45, 2.75) is 123 Å². The van der Waals surface area contributed by atoms with Crippen molar-refractivity contribution < 1.29 is 42.9 Å². The Kier molecular flexibility index (Phi) is 15.5. The summed E-state index contributed by atoms with van der Waals surface area (Å²) in [6.07, 6.45) is 4.64. The van der Waals surface area contributed by atoms with Gasteiger partial charge in [-0.15, -0.1) is 0 Å². The molecule has 386 valence electrons. The number of anilines is 1. The maximum absolute atomic E-state index is 14.8. The van der Waals surface area contributed by atoms with Gasteiger partial charge in [-0.3, -0.25) is 29.2 Å². The molecule has 4 saturated heterocycles.